The minimum Gasteiger partial charge on any atom is -0.264 e. The smallest absolute Gasteiger partial charge is 0.0346 e. The Bertz CT molecular complexity index is 2730. The van der Waals surface area contributed by atoms with E-state index in [1.165, 1.54) is 81.3 Å². The van der Waals surface area contributed by atoms with E-state index in [0.29, 0.717) is 0 Å². The van der Waals surface area contributed by atoms with E-state index >= 15 is 0 Å². The summed E-state index contributed by atoms with van der Waals surface area (Å²) >= 11 is 16.7. The van der Waals surface area contributed by atoms with Gasteiger partial charge in [0.25, 0.3) is 0 Å². The van der Waals surface area contributed by atoms with Gasteiger partial charge >= 0.3 is 0 Å². The lowest BCUT2D eigenvalue weighted by Crippen LogP contribution is -1.90. The molecule has 2 nitrogen and oxygen atoms in total. The Hall–Kier alpha value is -3.46. The molecule has 0 aliphatic carbocycles. The lowest BCUT2D eigenvalue weighted by atomic mass is 9.90. The molecule has 0 saturated heterocycles. The molecule has 0 N–H and O–H groups in total. The van der Waals surface area contributed by atoms with Crippen molar-refractivity contribution in [3.8, 4) is 22.3 Å². The third-order valence-corrected chi connectivity index (χ3v) is 11.2. The molecule has 0 amide bonds. The van der Waals surface area contributed by atoms with Crippen molar-refractivity contribution in [3.63, 3.8) is 0 Å². The number of nitrogens with zero attached hydrogens (tertiary/aromatic N) is 2. The number of benzene rings is 8. The molecule has 0 saturated carbocycles. The number of hydrogen-bond donors (Lipinski definition) is 0. The second kappa shape index (κ2) is 13.7. The monoisotopic (exact) mass is 950 g/mol. The Labute approximate surface area is 323 Å². The number of aromatic nitrogens is 2. The predicted molar refractivity (Wildman–Crippen MR) is 228 cm³/mol. The van der Waals surface area contributed by atoms with E-state index in [9.17, 15) is 0 Å². The van der Waals surface area contributed by atoms with Crippen LogP contribution in [0.25, 0.3) is 86.9 Å². The minimum atomic E-state index is 1.10. The molecule has 0 aliphatic heterocycles. The molecule has 8 aromatic carbocycles. The molecule has 2 heterocycles. The molecule has 10 rings (SSSR count). The summed E-state index contributed by atoms with van der Waals surface area (Å²) in [6.45, 7) is 0. The van der Waals surface area contributed by atoms with E-state index in [2.05, 4.69) is 189 Å². The van der Waals surface area contributed by atoms with Crippen molar-refractivity contribution in [2.75, 3.05) is 0 Å². The van der Waals surface area contributed by atoms with E-state index < -0.39 is 0 Å². The van der Waals surface area contributed by atoms with Gasteiger partial charge in [0, 0.05) is 77.6 Å². The predicted octanol–water partition coefficient (Wildman–Crippen LogP) is 15.3. The molecular weight excluding hydrogens is 932 g/mol. The second-order valence-corrected chi connectivity index (χ2v) is 14.3. The average molecular weight is 955 g/mol. The fourth-order valence-electron chi connectivity index (χ4n) is 7.14. The van der Waals surface area contributed by atoms with Gasteiger partial charge in [-0.15, -0.1) is 0 Å². The normalized spacial score (nSPS) is 11.4. The largest absolute Gasteiger partial charge is 0.264 e. The molecule has 10 aromatic rings. The van der Waals surface area contributed by atoms with Gasteiger partial charge in [0.15, 0.2) is 0 Å². The van der Waals surface area contributed by atoms with E-state index in [4.69, 9.17) is 0 Å². The average Bonchev–Trinajstić information content (AvgIpc) is 3.16. The highest BCUT2D eigenvalue weighted by Gasteiger charge is 2.17. The first kappa shape index (κ1) is 32.7. The quantitative estimate of drug-likeness (QED) is 0.161. The highest BCUT2D eigenvalue weighted by atomic mass is 80.9. The van der Waals surface area contributed by atoms with Gasteiger partial charge in [-0.05, 0) is 100 Å². The van der Waals surface area contributed by atoms with Crippen molar-refractivity contribution in [1.82, 2.24) is 9.97 Å². The van der Waals surface area contributed by atoms with Crippen LogP contribution in [0.3, 0.4) is 0 Å². The molecule has 2 aromatic heterocycles. The third-order valence-electron chi connectivity index (χ3n) is 9.22. The van der Waals surface area contributed by atoms with Gasteiger partial charge in [-0.3, -0.25) is 9.97 Å². The van der Waals surface area contributed by atoms with Crippen LogP contribution in [-0.2, 0) is 0 Å². The molecule has 0 unspecified atom stereocenters. The summed E-state index contributed by atoms with van der Waals surface area (Å²) < 4.78 is 3.30. The van der Waals surface area contributed by atoms with Crippen LogP contribution >= 0.6 is 76.0 Å². The van der Waals surface area contributed by atoms with E-state index in [-0.39, 0.29) is 0 Å². The Kier molecular flexibility index (Phi) is 9.14. The third kappa shape index (κ3) is 5.64. The molecular formula is C42H23Br5N2. The van der Waals surface area contributed by atoms with Crippen molar-refractivity contribution >= 4 is 141 Å². The lowest BCUT2D eigenvalue weighted by molar-refractivity contribution is 1.33. The summed E-state index contributed by atoms with van der Waals surface area (Å²) in [4.78, 5) is 8.57. The SMILES string of the molecule is BrBr.Brc1cc(Br)c2ccc3c(-c4cccnc4)cc(Br)c4ccc1c2c43.c1cncc(-c2ccc3ccc4cccc5ccc2c3c45)c1. The lowest BCUT2D eigenvalue weighted by Gasteiger charge is -2.17. The fraction of sp³-hybridized carbons (Fsp3) is 0. The van der Waals surface area contributed by atoms with Gasteiger partial charge in [0.2, 0.25) is 0 Å². The Morgan fingerprint density at radius 1 is 0.367 bits per heavy atom. The minimum absolute atomic E-state index is 1.10. The topological polar surface area (TPSA) is 25.8 Å². The van der Waals surface area contributed by atoms with Gasteiger partial charge in [-0.25, -0.2) is 0 Å². The van der Waals surface area contributed by atoms with Gasteiger partial charge in [0.1, 0.15) is 0 Å². The maximum absolute atomic E-state index is 4.30. The van der Waals surface area contributed by atoms with Crippen LogP contribution in [0, 0.1) is 0 Å². The maximum atomic E-state index is 4.30. The second-order valence-electron chi connectivity index (χ2n) is 11.8. The standard InChI is InChI=1S/C21H10Br3N.C21H13N.Br2/c22-17-8-16(11-2-1-7-25-10-11)12-3-4-14-18(23)9-19(24)15-6-5-13(17)20(12)21(14)15;1-3-14-6-7-16-8-10-18(17-5-2-12-22-13-17)19-11-9-15(4-1)20(14)21(16)19;1-2/h1-10H;1-13H;. The van der Waals surface area contributed by atoms with Crippen molar-refractivity contribution in [1.29, 1.82) is 0 Å². The van der Waals surface area contributed by atoms with Crippen molar-refractivity contribution in [2.24, 2.45) is 0 Å². The van der Waals surface area contributed by atoms with Crippen molar-refractivity contribution < 1.29 is 0 Å². The summed E-state index contributed by atoms with van der Waals surface area (Å²) in [7, 11) is 0. The van der Waals surface area contributed by atoms with Gasteiger partial charge in [-0.1, -0.05) is 139 Å². The van der Waals surface area contributed by atoms with Crippen LogP contribution in [0.1, 0.15) is 0 Å². The number of pyridine rings is 2. The zero-order chi connectivity index (χ0) is 33.6. The summed E-state index contributed by atoms with van der Waals surface area (Å²) in [5.74, 6) is 0. The van der Waals surface area contributed by atoms with Crippen LogP contribution in [0.5, 0.6) is 0 Å². The molecule has 0 aliphatic rings. The van der Waals surface area contributed by atoms with Gasteiger partial charge in [0.05, 0.1) is 0 Å². The van der Waals surface area contributed by atoms with Crippen LogP contribution in [-0.4, -0.2) is 9.97 Å². The first-order valence-electron chi connectivity index (χ1n) is 15.4. The van der Waals surface area contributed by atoms with Crippen LogP contribution in [0.2, 0.25) is 0 Å². The van der Waals surface area contributed by atoms with Gasteiger partial charge in [-0.2, -0.15) is 0 Å². The van der Waals surface area contributed by atoms with E-state index in [1.807, 2.05) is 36.9 Å². The molecule has 0 bridgehead atoms. The van der Waals surface area contributed by atoms with Crippen LogP contribution in [0.15, 0.2) is 153 Å². The van der Waals surface area contributed by atoms with Crippen LogP contribution < -0.4 is 0 Å². The highest BCUT2D eigenvalue weighted by molar-refractivity contribution is 9.93. The molecule has 0 atom stereocenters. The summed E-state index contributed by atoms with van der Waals surface area (Å²) in [5.41, 5.74) is 4.73. The molecule has 0 spiro atoms. The summed E-state index contributed by atoms with van der Waals surface area (Å²) in [6, 6.07) is 41.2. The van der Waals surface area contributed by atoms with Crippen LogP contribution in [0.4, 0.5) is 0 Å². The van der Waals surface area contributed by atoms with E-state index in [1.54, 1.807) is 0 Å². The number of hydrogen-bond acceptors (Lipinski definition) is 2. The number of halogens is 5. The van der Waals surface area contributed by atoms with Gasteiger partial charge < -0.3 is 0 Å². The van der Waals surface area contributed by atoms with E-state index in [0.717, 1.165) is 19.0 Å². The summed E-state index contributed by atoms with van der Waals surface area (Å²) in [6.07, 6.45) is 7.48. The van der Waals surface area contributed by atoms with Crippen molar-refractivity contribution in [3.05, 3.63) is 153 Å². The molecule has 49 heavy (non-hydrogen) atoms. The molecule has 0 radical (unpaired) electrons. The zero-order valence-electron chi connectivity index (χ0n) is 25.6. The molecule has 7 heteroatoms. The maximum Gasteiger partial charge on any atom is 0.0346 e. The number of rotatable bonds is 2. The first-order chi connectivity index (χ1) is 24.1. The van der Waals surface area contributed by atoms with Crippen molar-refractivity contribution in [2.45, 2.75) is 0 Å². The zero-order valence-corrected chi connectivity index (χ0v) is 33.5. The first-order valence-corrected chi connectivity index (χ1v) is 21.5. The molecule has 236 valence electrons. The summed E-state index contributed by atoms with van der Waals surface area (Å²) in [5, 5.41) is 15.4. The Morgan fingerprint density at radius 3 is 1.41 bits per heavy atom. The fourth-order valence-corrected chi connectivity index (χ4v) is 9.12. The highest BCUT2D eigenvalue weighted by Crippen LogP contribution is 2.46. The Balaban J connectivity index is 0.000000136. The Morgan fingerprint density at radius 2 is 0.816 bits per heavy atom. The molecule has 0 fully saturated rings.